The van der Waals surface area contributed by atoms with Gasteiger partial charge in [0.05, 0.1) is 12.1 Å². The van der Waals surface area contributed by atoms with E-state index in [1.807, 2.05) is 0 Å². The molecule has 2 atom stereocenters. The van der Waals surface area contributed by atoms with Crippen molar-refractivity contribution in [3.63, 3.8) is 0 Å². The molecule has 13 heteroatoms. The number of nitrogens with one attached hydrogen (secondary N) is 1. The molecule has 2 aromatic carbocycles. The summed E-state index contributed by atoms with van der Waals surface area (Å²) in [6, 6.07) is 6.79. The monoisotopic (exact) mass is 582 g/mol. The lowest BCUT2D eigenvalue weighted by molar-refractivity contribution is -0.169. The summed E-state index contributed by atoms with van der Waals surface area (Å²) in [6.45, 7) is 0.0241. The summed E-state index contributed by atoms with van der Waals surface area (Å²) in [5.74, 6) is -2.23. The van der Waals surface area contributed by atoms with E-state index in [1.54, 1.807) is 13.1 Å². The number of amides is 3. The van der Waals surface area contributed by atoms with E-state index in [0.29, 0.717) is 37.1 Å². The lowest BCUT2D eigenvalue weighted by Gasteiger charge is -2.52. The van der Waals surface area contributed by atoms with Gasteiger partial charge in [-0.1, -0.05) is 12.1 Å². The largest absolute Gasteiger partial charge is 0.444 e. The van der Waals surface area contributed by atoms with Crippen LogP contribution in [0.25, 0.3) is 0 Å². The molecule has 222 valence electrons. The number of alkyl halides is 3. The number of nitrogens with zero attached hydrogens (tertiary/aromatic N) is 3. The van der Waals surface area contributed by atoms with E-state index in [0.717, 1.165) is 12.5 Å². The van der Waals surface area contributed by atoms with Crippen molar-refractivity contribution in [1.82, 2.24) is 20.0 Å². The fourth-order valence-electron chi connectivity index (χ4n) is 5.23. The Labute approximate surface area is 234 Å². The molecular formula is C28H31F5N4O4. The first kappa shape index (κ1) is 30.2. The Morgan fingerprint density at radius 1 is 1.05 bits per heavy atom. The zero-order valence-electron chi connectivity index (χ0n) is 22.4. The maximum atomic E-state index is 13.8. The second-order valence-electron chi connectivity index (χ2n) is 10.1. The number of carbonyl (C=O) groups excluding carboxylic acids is 3. The maximum absolute atomic E-state index is 13.8. The van der Waals surface area contributed by atoms with Crippen molar-refractivity contribution in [3.8, 4) is 0 Å². The van der Waals surface area contributed by atoms with E-state index in [2.05, 4.69) is 5.32 Å². The normalized spacial score (nSPS) is 19.4. The average Bonchev–Trinajstić information content (AvgIpc) is 2.91. The van der Waals surface area contributed by atoms with E-state index in [1.165, 1.54) is 32.9 Å². The van der Waals surface area contributed by atoms with Crippen LogP contribution in [0.3, 0.4) is 0 Å². The van der Waals surface area contributed by atoms with Gasteiger partial charge in [-0.2, -0.15) is 13.2 Å². The minimum Gasteiger partial charge on any atom is -0.444 e. The molecule has 2 saturated heterocycles. The highest BCUT2D eigenvalue weighted by Crippen LogP contribution is 2.32. The number of rotatable bonds is 9. The molecule has 41 heavy (non-hydrogen) atoms. The van der Waals surface area contributed by atoms with Gasteiger partial charge in [0.25, 0.3) is 0 Å². The molecule has 2 aliphatic rings. The zero-order valence-corrected chi connectivity index (χ0v) is 22.4. The van der Waals surface area contributed by atoms with Crippen molar-refractivity contribution in [3.05, 3.63) is 70.8 Å². The van der Waals surface area contributed by atoms with Crippen LogP contribution in [0.5, 0.6) is 0 Å². The first-order chi connectivity index (χ1) is 19.5. The summed E-state index contributed by atoms with van der Waals surface area (Å²) in [5.41, 5.74) is -0.869. The van der Waals surface area contributed by atoms with Gasteiger partial charge in [-0.25, -0.2) is 13.6 Å². The van der Waals surface area contributed by atoms with Crippen molar-refractivity contribution < 1.29 is 41.1 Å². The van der Waals surface area contributed by atoms with E-state index in [4.69, 9.17) is 4.74 Å². The summed E-state index contributed by atoms with van der Waals surface area (Å²) < 4.78 is 72.2. The third kappa shape index (κ3) is 7.32. The van der Waals surface area contributed by atoms with Crippen LogP contribution in [-0.4, -0.2) is 71.5 Å². The highest BCUT2D eigenvalue weighted by atomic mass is 19.4. The van der Waals surface area contributed by atoms with Crippen molar-refractivity contribution in [2.45, 2.75) is 57.2 Å². The van der Waals surface area contributed by atoms with E-state index in [9.17, 15) is 36.3 Å². The Kier molecular flexibility index (Phi) is 9.46. The molecule has 0 aromatic heterocycles. The van der Waals surface area contributed by atoms with Gasteiger partial charge in [-0.15, -0.1) is 0 Å². The number of fused-ring (bicyclic) bond motifs is 1. The van der Waals surface area contributed by atoms with Crippen molar-refractivity contribution in [2.24, 2.45) is 0 Å². The van der Waals surface area contributed by atoms with E-state index >= 15 is 0 Å². The molecule has 2 heterocycles. The molecule has 1 N–H and O–H groups in total. The second kappa shape index (κ2) is 12.8. The quantitative estimate of drug-likeness (QED) is 0.353. The highest BCUT2D eigenvalue weighted by molar-refractivity contribution is 5.90. The topological polar surface area (TPSA) is 82.2 Å². The molecule has 1 unspecified atom stereocenters. The van der Waals surface area contributed by atoms with Crippen LogP contribution in [-0.2, 0) is 33.7 Å². The van der Waals surface area contributed by atoms with Gasteiger partial charge in [-0.05, 0) is 74.3 Å². The molecule has 3 amide bonds. The van der Waals surface area contributed by atoms with Crippen LogP contribution in [0, 0.1) is 11.6 Å². The predicted molar refractivity (Wildman–Crippen MR) is 137 cm³/mol. The van der Waals surface area contributed by atoms with Crippen LogP contribution in [0.2, 0.25) is 0 Å². The molecule has 0 spiro atoms. The van der Waals surface area contributed by atoms with Crippen LogP contribution >= 0.6 is 0 Å². The molecule has 4 rings (SSSR count). The standard InChI is InChI=1S/C28H31F5N4O4/c1-34-9-3-2-7-23-26(39)35(15-18-5-4-6-21(29)12-18)16-24-36(10-8-25(38)37(23)24)27(40)41-17-19-11-20(28(31,32)33)14-22(30)13-19/h4-6,11-14,23-24,34H,2-3,7-10,15-17H2,1H3/t23-,24?/m0/s1. The number of hydrogen-bond acceptors (Lipinski definition) is 5. The van der Waals surface area contributed by atoms with E-state index in [-0.39, 0.29) is 43.4 Å². The Morgan fingerprint density at radius 2 is 1.80 bits per heavy atom. The number of piperazine rings is 1. The van der Waals surface area contributed by atoms with Gasteiger partial charge in [0.1, 0.15) is 30.4 Å². The van der Waals surface area contributed by atoms with Crippen molar-refractivity contribution in [1.29, 1.82) is 0 Å². The molecule has 0 bridgehead atoms. The summed E-state index contributed by atoms with van der Waals surface area (Å²) in [5, 5.41) is 3.03. The van der Waals surface area contributed by atoms with Crippen LogP contribution in [0.15, 0.2) is 42.5 Å². The number of carbonyl (C=O) groups is 3. The number of hydrogen-bond donors (Lipinski definition) is 1. The average molecular weight is 583 g/mol. The number of unbranched alkanes of at least 4 members (excludes halogenated alkanes) is 1. The van der Waals surface area contributed by atoms with Gasteiger partial charge in [0.2, 0.25) is 11.8 Å². The van der Waals surface area contributed by atoms with Gasteiger partial charge >= 0.3 is 12.3 Å². The second-order valence-corrected chi connectivity index (χ2v) is 10.1. The molecule has 0 aliphatic carbocycles. The summed E-state index contributed by atoms with van der Waals surface area (Å²) in [7, 11) is 1.80. The molecule has 2 aliphatic heterocycles. The Morgan fingerprint density at radius 3 is 2.51 bits per heavy atom. The number of benzene rings is 2. The predicted octanol–water partition coefficient (Wildman–Crippen LogP) is 4.28. The first-order valence-corrected chi connectivity index (χ1v) is 13.3. The minimum absolute atomic E-state index is 0.0374. The summed E-state index contributed by atoms with van der Waals surface area (Å²) in [4.78, 5) is 43.9. The van der Waals surface area contributed by atoms with Gasteiger partial charge in [0, 0.05) is 19.5 Å². The highest BCUT2D eigenvalue weighted by Gasteiger charge is 2.48. The van der Waals surface area contributed by atoms with Gasteiger partial charge < -0.3 is 19.9 Å². The van der Waals surface area contributed by atoms with Gasteiger partial charge in [-0.3, -0.25) is 14.5 Å². The van der Waals surface area contributed by atoms with E-state index < -0.39 is 48.3 Å². The third-order valence-electron chi connectivity index (χ3n) is 7.15. The molecule has 2 fully saturated rings. The minimum atomic E-state index is -4.78. The molecule has 0 radical (unpaired) electrons. The first-order valence-electron chi connectivity index (χ1n) is 13.3. The van der Waals surface area contributed by atoms with Crippen molar-refractivity contribution >= 4 is 17.9 Å². The summed E-state index contributed by atoms with van der Waals surface area (Å²) >= 11 is 0. The Bertz CT molecular complexity index is 1270. The lowest BCUT2D eigenvalue weighted by atomic mass is 9.98. The Hall–Kier alpha value is -3.74. The maximum Gasteiger partial charge on any atom is 0.416 e. The summed E-state index contributed by atoms with van der Waals surface area (Å²) in [6.07, 6.45) is -4.97. The van der Waals surface area contributed by atoms with Crippen LogP contribution < -0.4 is 5.32 Å². The zero-order chi connectivity index (χ0) is 29.7. The van der Waals surface area contributed by atoms with Crippen LogP contribution in [0.1, 0.15) is 42.4 Å². The number of halogens is 5. The Balaban J connectivity index is 1.55. The molecule has 2 aromatic rings. The SMILES string of the molecule is CNCCCC[C@H]1C(=O)N(Cc2cccc(F)c2)CC2N(C(=O)OCc3cc(F)cc(C(F)(F)F)c3)CCC(=O)N21. The lowest BCUT2D eigenvalue weighted by Crippen LogP contribution is -2.71. The smallest absolute Gasteiger partial charge is 0.416 e. The third-order valence-corrected chi connectivity index (χ3v) is 7.15. The fourth-order valence-corrected chi connectivity index (χ4v) is 5.23. The van der Waals surface area contributed by atoms with Crippen molar-refractivity contribution in [2.75, 3.05) is 26.7 Å². The van der Waals surface area contributed by atoms with Gasteiger partial charge in [0.15, 0.2) is 0 Å². The fraction of sp³-hybridized carbons (Fsp3) is 0.464. The molecule has 0 saturated carbocycles. The number of ether oxygens (including phenoxy) is 1. The molecular weight excluding hydrogens is 551 g/mol. The van der Waals surface area contributed by atoms with Crippen LogP contribution in [0.4, 0.5) is 26.7 Å². The molecule has 8 nitrogen and oxygen atoms in total.